The zero-order valence-electron chi connectivity index (χ0n) is 12.3. The van der Waals surface area contributed by atoms with Crippen LogP contribution in [0.3, 0.4) is 0 Å². The SMILES string of the molecule is CCN(Cc1ccccc1)C(C#N)c1ccccc1[N+](=O)[O-]. The summed E-state index contributed by atoms with van der Waals surface area (Å²) in [4.78, 5) is 12.7. The quantitative estimate of drug-likeness (QED) is 0.602. The smallest absolute Gasteiger partial charge is 0.275 e. The standard InChI is InChI=1S/C17H17N3O2/c1-2-19(13-14-8-4-3-5-9-14)17(12-18)15-10-6-7-11-16(15)20(21)22/h3-11,17H,2,13H2,1H3. The van der Waals surface area contributed by atoms with Crippen molar-refractivity contribution in [1.82, 2.24) is 4.90 Å². The lowest BCUT2D eigenvalue weighted by molar-refractivity contribution is -0.385. The maximum atomic E-state index is 11.2. The molecule has 0 saturated carbocycles. The van der Waals surface area contributed by atoms with E-state index in [1.807, 2.05) is 42.2 Å². The molecule has 2 aromatic carbocycles. The largest absolute Gasteiger partial charge is 0.280 e. The van der Waals surface area contributed by atoms with Gasteiger partial charge in [-0.1, -0.05) is 49.4 Å². The summed E-state index contributed by atoms with van der Waals surface area (Å²) >= 11 is 0. The van der Waals surface area contributed by atoms with E-state index >= 15 is 0 Å². The van der Waals surface area contributed by atoms with Gasteiger partial charge in [0.2, 0.25) is 0 Å². The van der Waals surface area contributed by atoms with E-state index in [-0.39, 0.29) is 5.69 Å². The molecule has 2 aromatic rings. The van der Waals surface area contributed by atoms with Crippen molar-refractivity contribution < 1.29 is 4.92 Å². The van der Waals surface area contributed by atoms with Gasteiger partial charge in [-0.05, 0) is 18.2 Å². The molecule has 112 valence electrons. The Morgan fingerprint density at radius 1 is 1.18 bits per heavy atom. The van der Waals surface area contributed by atoms with E-state index in [0.29, 0.717) is 18.7 Å². The molecule has 0 N–H and O–H groups in total. The van der Waals surface area contributed by atoms with E-state index in [4.69, 9.17) is 0 Å². The summed E-state index contributed by atoms with van der Waals surface area (Å²) in [5, 5.41) is 20.7. The van der Waals surface area contributed by atoms with Crippen molar-refractivity contribution in [3.63, 3.8) is 0 Å². The fourth-order valence-corrected chi connectivity index (χ4v) is 2.44. The van der Waals surface area contributed by atoms with Crippen LogP contribution in [0.25, 0.3) is 0 Å². The Morgan fingerprint density at radius 3 is 2.41 bits per heavy atom. The number of benzene rings is 2. The van der Waals surface area contributed by atoms with Crippen LogP contribution in [0, 0.1) is 21.4 Å². The lowest BCUT2D eigenvalue weighted by atomic mass is 10.0. The summed E-state index contributed by atoms with van der Waals surface area (Å²) in [7, 11) is 0. The molecule has 0 bridgehead atoms. The molecule has 0 amide bonds. The average molecular weight is 295 g/mol. The van der Waals surface area contributed by atoms with Crippen molar-refractivity contribution in [3.05, 3.63) is 75.8 Å². The van der Waals surface area contributed by atoms with E-state index in [1.54, 1.807) is 18.2 Å². The number of nitro groups is 1. The van der Waals surface area contributed by atoms with Crippen LogP contribution in [0.15, 0.2) is 54.6 Å². The van der Waals surface area contributed by atoms with Gasteiger partial charge in [-0.3, -0.25) is 15.0 Å². The van der Waals surface area contributed by atoms with Gasteiger partial charge in [-0.2, -0.15) is 5.26 Å². The Kier molecular flexibility index (Phi) is 5.23. The number of hydrogen-bond donors (Lipinski definition) is 0. The molecule has 0 aliphatic carbocycles. The molecule has 1 unspecified atom stereocenters. The molecule has 22 heavy (non-hydrogen) atoms. The highest BCUT2D eigenvalue weighted by Crippen LogP contribution is 2.29. The maximum Gasteiger partial charge on any atom is 0.275 e. The van der Waals surface area contributed by atoms with E-state index in [9.17, 15) is 15.4 Å². The van der Waals surface area contributed by atoms with Crippen LogP contribution in [0.2, 0.25) is 0 Å². The molecule has 0 fully saturated rings. The third kappa shape index (κ3) is 3.48. The summed E-state index contributed by atoms with van der Waals surface area (Å²) in [6.45, 7) is 3.14. The van der Waals surface area contributed by atoms with E-state index < -0.39 is 11.0 Å². The lowest BCUT2D eigenvalue weighted by Gasteiger charge is -2.25. The summed E-state index contributed by atoms with van der Waals surface area (Å²) in [5.41, 5.74) is 1.50. The predicted molar refractivity (Wildman–Crippen MR) is 84.0 cm³/mol. The minimum absolute atomic E-state index is 0.0134. The van der Waals surface area contributed by atoms with Gasteiger partial charge in [0.1, 0.15) is 6.04 Å². The van der Waals surface area contributed by atoms with Crippen LogP contribution in [0.1, 0.15) is 24.1 Å². The predicted octanol–water partition coefficient (Wildman–Crippen LogP) is 3.68. The third-order valence-corrected chi connectivity index (χ3v) is 3.55. The Morgan fingerprint density at radius 2 is 1.82 bits per heavy atom. The molecule has 2 rings (SSSR count). The first-order chi connectivity index (χ1) is 10.7. The first-order valence-electron chi connectivity index (χ1n) is 7.08. The normalized spacial score (nSPS) is 11.9. The number of hydrogen-bond acceptors (Lipinski definition) is 4. The van der Waals surface area contributed by atoms with Crippen LogP contribution < -0.4 is 0 Å². The summed E-state index contributed by atoms with van der Waals surface area (Å²) < 4.78 is 0. The van der Waals surface area contributed by atoms with Gasteiger partial charge in [-0.15, -0.1) is 0 Å². The van der Waals surface area contributed by atoms with Crippen LogP contribution in [0.4, 0.5) is 5.69 Å². The molecular formula is C17H17N3O2. The zero-order valence-corrected chi connectivity index (χ0v) is 12.3. The van der Waals surface area contributed by atoms with Gasteiger partial charge in [0.05, 0.1) is 16.6 Å². The Balaban J connectivity index is 2.34. The Bertz CT molecular complexity index is 680. The van der Waals surface area contributed by atoms with Crippen molar-refractivity contribution in [2.75, 3.05) is 6.54 Å². The Hall–Kier alpha value is -2.71. The van der Waals surface area contributed by atoms with Crippen LogP contribution in [-0.4, -0.2) is 16.4 Å². The molecule has 0 aliphatic heterocycles. The van der Waals surface area contributed by atoms with E-state index in [0.717, 1.165) is 5.56 Å². The second-order valence-corrected chi connectivity index (χ2v) is 4.90. The number of para-hydroxylation sites is 1. The third-order valence-electron chi connectivity index (χ3n) is 3.55. The molecule has 5 heteroatoms. The maximum absolute atomic E-state index is 11.2. The van der Waals surface area contributed by atoms with Gasteiger partial charge in [-0.25, -0.2) is 0 Å². The number of nitrogens with zero attached hydrogens (tertiary/aromatic N) is 3. The van der Waals surface area contributed by atoms with Crippen LogP contribution >= 0.6 is 0 Å². The average Bonchev–Trinajstić information content (AvgIpc) is 2.55. The van der Waals surface area contributed by atoms with Gasteiger partial charge < -0.3 is 0 Å². The molecule has 0 heterocycles. The van der Waals surface area contributed by atoms with Crippen molar-refractivity contribution in [2.24, 2.45) is 0 Å². The van der Waals surface area contributed by atoms with E-state index in [2.05, 4.69) is 6.07 Å². The van der Waals surface area contributed by atoms with Crippen LogP contribution in [0.5, 0.6) is 0 Å². The lowest BCUT2D eigenvalue weighted by Crippen LogP contribution is -2.27. The first-order valence-corrected chi connectivity index (χ1v) is 7.08. The van der Waals surface area contributed by atoms with Gasteiger partial charge in [0, 0.05) is 12.6 Å². The Labute approximate surface area is 129 Å². The molecule has 0 saturated heterocycles. The highest BCUT2D eigenvalue weighted by molar-refractivity contribution is 5.44. The molecular weight excluding hydrogens is 278 g/mol. The zero-order chi connectivity index (χ0) is 15.9. The fourth-order valence-electron chi connectivity index (χ4n) is 2.44. The molecule has 0 aromatic heterocycles. The molecule has 1 atom stereocenters. The second-order valence-electron chi connectivity index (χ2n) is 4.90. The minimum Gasteiger partial charge on any atom is -0.280 e. The molecule has 0 aliphatic rings. The van der Waals surface area contributed by atoms with Crippen LogP contribution in [-0.2, 0) is 6.54 Å². The van der Waals surface area contributed by atoms with Gasteiger partial charge in [0.25, 0.3) is 5.69 Å². The topological polar surface area (TPSA) is 70.2 Å². The number of nitro benzene ring substituents is 1. The molecule has 0 radical (unpaired) electrons. The van der Waals surface area contributed by atoms with Crippen molar-refractivity contribution in [2.45, 2.75) is 19.5 Å². The highest BCUT2D eigenvalue weighted by atomic mass is 16.6. The number of rotatable bonds is 6. The molecule has 0 spiro atoms. The minimum atomic E-state index is -0.646. The second kappa shape index (κ2) is 7.34. The fraction of sp³-hybridized carbons (Fsp3) is 0.235. The summed E-state index contributed by atoms with van der Waals surface area (Å²) in [5.74, 6) is 0. The monoisotopic (exact) mass is 295 g/mol. The van der Waals surface area contributed by atoms with Crippen molar-refractivity contribution in [1.29, 1.82) is 5.26 Å². The first kappa shape index (κ1) is 15.7. The summed E-state index contributed by atoms with van der Waals surface area (Å²) in [6, 6.07) is 17.8. The summed E-state index contributed by atoms with van der Waals surface area (Å²) in [6.07, 6.45) is 0. The van der Waals surface area contributed by atoms with E-state index in [1.165, 1.54) is 6.07 Å². The van der Waals surface area contributed by atoms with Crippen molar-refractivity contribution >= 4 is 5.69 Å². The highest BCUT2D eigenvalue weighted by Gasteiger charge is 2.26. The van der Waals surface area contributed by atoms with Gasteiger partial charge >= 0.3 is 0 Å². The number of nitriles is 1. The van der Waals surface area contributed by atoms with Crippen molar-refractivity contribution in [3.8, 4) is 6.07 Å². The van der Waals surface area contributed by atoms with Gasteiger partial charge in [0.15, 0.2) is 0 Å². The molecule has 5 nitrogen and oxygen atoms in total.